The maximum Gasteiger partial charge on any atom is 0.407 e. The standard InChI is InChI=1S/C23H27F2N5O3/c1-23(2,3)33-22(32)29-18(13-5-4-12-6-16(24)17(25)7-14(12)13)8-20(31)30-9-15-19(10-30)27-11-28-21(15)26/h6-7,11,13,18H,4-5,8-10H2,1-3H3,(H,29,32)(H2,26,27,28). The summed E-state index contributed by atoms with van der Waals surface area (Å²) in [5.74, 6) is -2.10. The van der Waals surface area contributed by atoms with Crippen LogP contribution in [0.2, 0.25) is 0 Å². The number of nitrogens with two attached hydrogens (primary N) is 1. The third-order valence-corrected chi connectivity index (χ3v) is 6.00. The summed E-state index contributed by atoms with van der Waals surface area (Å²) in [5, 5.41) is 2.80. The zero-order chi connectivity index (χ0) is 23.9. The van der Waals surface area contributed by atoms with E-state index in [0.717, 1.165) is 0 Å². The molecule has 176 valence electrons. The van der Waals surface area contributed by atoms with Crippen molar-refractivity contribution in [3.05, 3.63) is 52.5 Å². The van der Waals surface area contributed by atoms with Gasteiger partial charge < -0.3 is 20.7 Å². The summed E-state index contributed by atoms with van der Waals surface area (Å²) in [6, 6.07) is 1.69. The van der Waals surface area contributed by atoms with Crippen LogP contribution in [-0.4, -0.2) is 38.5 Å². The minimum Gasteiger partial charge on any atom is -0.444 e. The third kappa shape index (κ3) is 4.89. The summed E-state index contributed by atoms with van der Waals surface area (Å²) in [7, 11) is 0. The zero-order valence-corrected chi connectivity index (χ0v) is 18.8. The molecule has 1 aliphatic carbocycles. The number of amides is 2. The average molecular weight is 459 g/mol. The Balaban J connectivity index is 1.56. The van der Waals surface area contributed by atoms with Gasteiger partial charge in [-0.25, -0.2) is 23.5 Å². The van der Waals surface area contributed by atoms with Gasteiger partial charge in [0.25, 0.3) is 0 Å². The second kappa shape index (κ2) is 8.57. The van der Waals surface area contributed by atoms with Gasteiger partial charge in [-0.05, 0) is 56.9 Å². The molecule has 8 nitrogen and oxygen atoms in total. The van der Waals surface area contributed by atoms with E-state index in [9.17, 15) is 18.4 Å². The van der Waals surface area contributed by atoms with Crippen LogP contribution in [0, 0.1) is 11.6 Å². The molecule has 1 aromatic carbocycles. The molecule has 0 bridgehead atoms. The normalized spacial score (nSPS) is 18.0. The molecule has 0 fully saturated rings. The van der Waals surface area contributed by atoms with Crippen LogP contribution in [0.25, 0.3) is 0 Å². The lowest BCUT2D eigenvalue weighted by Crippen LogP contribution is -2.44. The second-order valence-corrected chi connectivity index (χ2v) is 9.50. The number of rotatable bonds is 4. The Morgan fingerprint density at radius 3 is 2.67 bits per heavy atom. The first kappa shape index (κ1) is 22.9. The van der Waals surface area contributed by atoms with Gasteiger partial charge in [0.15, 0.2) is 11.6 Å². The van der Waals surface area contributed by atoms with Crippen LogP contribution in [0.15, 0.2) is 18.5 Å². The van der Waals surface area contributed by atoms with Crippen molar-refractivity contribution in [3.8, 4) is 0 Å². The van der Waals surface area contributed by atoms with Gasteiger partial charge in [-0.1, -0.05) is 0 Å². The molecular weight excluding hydrogens is 432 g/mol. The number of alkyl carbamates (subject to hydrolysis) is 1. The fraction of sp³-hybridized carbons (Fsp3) is 0.478. The van der Waals surface area contributed by atoms with Crippen molar-refractivity contribution in [1.29, 1.82) is 0 Å². The molecule has 4 rings (SSSR count). The fourth-order valence-electron chi connectivity index (χ4n) is 4.50. The van der Waals surface area contributed by atoms with E-state index in [1.54, 1.807) is 25.7 Å². The monoisotopic (exact) mass is 459 g/mol. The van der Waals surface area contributed by atoms with Crippen molar-refractivity contribution in [3.63, 3.8) is 0 Å². The van der Waals surface area contributed by atoms with E-state index in [0.29, 0.717) is 47.6 Å². The summed E-state index contributed by atoms with van der Waals surface area (Å²) in [4.78, 5) is 35.5. The van der Waals surface area contributed by atoms with Crippen LogP contribution >= 0.6 is 0 Å². The molecule has 2 amide bonds. The fourth-order valence-corrected chi connectivity index (χ4v) is 4.50. The lowest BCUT2D eigenvalue weighted by atomic mass is 9.90. The summed E-state index contributed by atoms with van der Waals surface area (Å²) < 4.78 is 33.1. The van der Waals surface area contributed by atoms with Crippen LogP contribution in [0.3, 0.4) is 0 Å². The van der Waals surface area contributed by atoms with Crippen molar-refractivity contribution in [2.75, 3.05) is 5.73 Å². The molecule has 10 heteroatoms. The SMILES string of the molecule is CC(C)(C)OC(=O)NC(CC(=O)N1Cc2ncnc(N)c2C1)C1CCc2cc(F)c(F)cc21. The molecular formula is C23H27F2N5O3. The number of nitrogen functional groups attached to an aromatic ring is 1. The molecule has 2 aromatic rings. The first-order valence-electron chi connectivity index (χ1n) is 10.8. The largest absolute Gasteiger partial charge is 0.444 e. The number of hydrogen-bond donors (Lipinski definition) is 2. The van der Waals surface area contributed by atoms with Gasteiger partial charge in [-0.15, -0.1) is 0 Å². The van der Waals surface area contributed by atoms with E-state index in [-0.39, 0.29) is 24.8 Å². The average Bonchev–Trinajstić information content (AvgIpc) is 3.31. The highest BCUT2D eigenvalue weighted by Crippen LogP contribution is 2.38. The number of fused-ring (bicyclic) bond motifs is 2. The van der Waals surface area contributed by atoms with Gasteiger partial charge in [0.05, 0.1) is 18.8 Å². The number of hydrogen-bond acceptors (Lipinski definition) is 6. The maximum atomic E-state index is 14.0. The summed E-state index contributed by atoms with van der Waals surface area (Å²) >= 11 is 0. The van der Waals surface area contributed by atoms with Gasteiger partial charge in [-0.3, -0.25) is 4.79 Å². The quantitative estimate of drug-likeness (QED) is 0.727. The molecule has 2 aliphatic rings. The van der Waals surface area contributed by atoms with Crippen molar-refractivity contribution in [1.82, 2.24) is 20.2 Å². The summed E-state index contributed by atoms with van der Waals surface area (Å²) in [6.45, 7) is 5.79. The molecule has 0 radical (unpaired) electrons. The van der Waals surface area contributed by atoms with Crippen molar-refractivity contribution >= 4 is 17.8 Å². The lowest BCUT2D eigenvalue weighted by Gasteiger charge is -2.29. The number of carbonyl (C=O) groups excluding carboxylic acids is 2. The van der Waals surface area contributed by atoms with Gasteiger partial charge in [0, 0.05) is 23.9 Å². The highest BCUT2D eigenvalue weighted by atomic mass is 19.2. The van der Waals surface area contributed by atoms with E-state index in [4.69, 9.17) is 10.5 Å². The minimum absolute atomic E-state index is 0.0380. The highest BCUT2D eigenvalue weighted by molar-refractivity contribution is 5.79. The minimum atomic E-state index is -0.952. The lowest BCUT2D eigenvalue weighted by molar-refractivity contribution is -0.132. The van der Waals surface area contributed by atoms with E-state index in [1.165, 1.54) is 18.5 Å². The number of ether oxygens (including phenoxy) is 1. The van der Waals surface area contributed by atoms with E-state index >= 15 is 0 Å². The van der Waals surface area contributed by atoms with Crippen LogP contribution < -0.4 is 11.1 Å². The van der Waals surface area contributed by atoms with Gasteiger partial charge in [0.2, 0.25) is 5.91 Å². The van der Waals surface area contributed by atoms with Crippen LogP contribution in [0.5, 0.6) is 0 Å². The van der Waals surface area contributed by atoms with Gasteiger partial charge >= 0.3 is 6.09 Å². The molecule has 2 heterocycles. The van der Waals surface area contributed by atoms with Crippen molar-refractivity contribution < 1.29 is 23.1 Å². The molecule has 3 N–H and O–H groups in total. The van der Waals surface area contributed by atoms with E-state index < -0.39 is 29.4 Å². The zero-order valence-electron chi connectivity index (χ0n) is 18.8. The number of carbonyl (C=O) groups is 2. The Bertz CT molecular complexity index is 1100. The first-order valence-corrected chi connectivity index (χ1v) is 10.8. The number of halogens is 2. The van der Waals surface area contributed by atoms with Crippen LogP contribution in [0.1, 0.15) is 61.9 Å². The molecule has 0 saturated carbocycles. The summed E-state index contributed by atoms with van der Waals surface area (Å²) in [6.07, 6.45) is 1.72. The van der Waals surface area contributed by atoms with Crippen LogP contribution in [0.4, 0.5) is 19.4 Å². The number of aromatic nitrogens is 2. The molecule has 1 aromatic heterocycles. The molecule has 33 heavy (non-hydrogen) atoms. The van der Waals surface area contributed by atoms with Gasteiger partial charge in [-0.2, -0.15) is 0 Å². The number of aryl methyl sites for hydroxylation is 1. The van der Waals surface area contributed by atoms with E-state index in [2.05, 4.69) is 15.3 Å². The Labute approximate surface area is 190 Å². The maximum absolute atomic E-state index is 14.0. The molecule has 2 unspecified atom stereocenters. The first-order chi connectivity index (χ1) is 15.5. The predicted molar refractivity (Wildman–Crippen MR) is 116 cm³/mol. The highest BCUT2D eigenvalue weighted by Gasteiger charge is 2.36. The Morgan fingerprint density at radius 2 is 1.97 bits per heavy atom. The number of nitrogens with zero attached hydrogens (tertiary/aromatic N) is 3. The molecule has 2 atom stereocenters. The predicted octanol–water partition coefficient (Wildman–Crippen LogP) is 3.19. The third-order valence-electron chi connectivity index (χ3n) is 6.00. The molecule has 0 saturated heterocycles. The van der Waals surface area contributed by atoms with Gasteiger partial charge in [0.1, 0.15) is 17.7 Å². The van der Waals surface area contributed by atoms with Crippen molar-refractivity contribution in [2.45, 2.75) is 70.7 Å². The second-order valence-electron chi connectivity index (χ2n) is 9.50. The summed E-state index contributed by atoms with van der Waals surface area (Å²) in [5.41, 5.74) is 7.87. The smallest absolute Gasteiger partial charge is 0.407 e. The number of anilines is 1. The molecule has 1 aliphatic heterocycles. The Hall–Kier alpha value is -3.30. The van der Waals surface area contributed by atoms with E-state index in [1.807, 2.05) is 0 Å². The van der Waals surface area contributed by atoms with Crippen LogP contribution in [-0.2, 0) is 29.0 Å². The molecule has 0 spiro atoms. The van der Waals surface area contributed by atoms with Crippen molar-refractivity contribution in [2.24, 2.45) is 0 Å². The number of nitrogens with one attached hydrogen (secondary N) is 1. The Morgan fingerprint density at radius 1 is 1.24 bits per heavy atom. The number of benzene rings is 1. The topological polar surface area (TPSA) is 110 Å². The Kier molecular flexibility index (Phi) is 5.94.